The van der Waals surface area contributed by atoms with Crippen molar-refractivity contribution in [3.05, 3.63) is 58.8 Å². The van der Waals surface area contributed by atoms with Crippen LogP contribution in [0.25, 0.3) is 22.5 Å². The third-order valence-corrected chi connectivity index (χ3v) is 4.44. The Kier molecular flexibility index (Phi) is 4.81. The van der Waals surface area contributed by atoms with Gasteiger partial charge in [-0.15, -0.1) is 0 Å². The van der Waals surface area contributed by atoms with Gasteiger partial charge in [0.15, 0.2) is 0 Å². The SMILES string of the molecule is Nc1ccc(-c2cc(-c3cccc([N+](=O)[O-])c3)nc(N3CCOCC3)n2)cn1. The summed E-state index contributed by atoms with van der Waals surface area (Å²) in [5.74, 6) is 0.976. The van der Waals surface area contributed by atoms with Crippen LogP contribution in [0.3, 0.4) is 0 Å². The predicted molar refractivity (Wildman–Crippen MR) is 105 cm³/mol. The monoisotopic (exact) mass is 378 g/mol. The zero-order chi connectivity index (χ0) is 19.5. The van der Waals surface area contributed by atoms with Crippen molar-refractivity contribution in [3.8, 4) is 22.5 Å². The molecule has 0 spiro atoms. The van der Waals surface area contributed by atoms with Crippen LogP contribution in [0, 0.1) is 10.1 Å². The molecule has 2 N–H and O–H groups in total. The van der Waals surface area contributed by atoms with Crippen LogP contribution in [0.5, 0.6) is 0 Å². The van der Waals surface area contributed by atoms with Crippen LogP contribution in [0.15, 0.2) is 48.7 Å². The molecule has 0 radical (unpaired) electrons. The van der Waals surface area contributed by atoms with Gasteiger partial charge in [0.05, 0.1) is 29.5 Å². The van der Waals surface area contributed by atoms with E-state index < -0.39 is 4.92 Å². The van der Waals surface area contributed by atoms with Gasteiger partial charge in [-0.05, 0) is 18.2 Å². The van der Waals surface area contributed by atoms with Gasteiger partial charge in [0.2, 0.25) is 5.95 Å². The number of benzene rings is 1. The highest BCUT2D eigenvalue weighted by Crippen LogP contribution is 2.28. The number of nitrogen functional groups attached to an aromatic ring is 1. The van der Waals surface area contributed by atoms with E-state index in [4.69, 9.17) is 10.5 Å². The molecule has 0 unspecified atom stereocenters. The average molecular weight is 378 g/mol. The van der Waals surface area contributed by atoms with E-state index in [0.29, 0.717) is 55.0 Å². The minimum absolute atomic E-state index is 0.0136. The molecule has 0 amide bonds. The van der Waals surface area contributed by atoms with E-state index in [9.17, 15) is 10.1 Å². The van der Waals surface area contributed by atoms with Crippen molar-refractivity contribution >= 4 is 17.5 Å². The molecule has 3 heterocycles. The Morgan fingerprint density at radius 1 is 1.04 bits per heavy atom. The first kappa shape index (κ1) is 17.8. The van der Waals surface area contributed by atoms with Crippen molar-refractivity contribution in [2.24, 2.45) is 0 Å². The van der Waals surface area contributed by atoms with E-state index in [1.807, 2.05) is 11.0 Å². The number of pyridine rings is 1. The maximum absolute atomic E-state index is 11.1. The molecule has 1 fully saturated rings. The molecule has 0 saturated carbocycles. The van der Waals surface area contributed by atoms with Gasteiger partial charge in [0, 0.05) is 42.5 Å². The van der Waals surface area contributed by atoms with Gasteiger partial charge in [-0.1, -0.05) is 12.1 Å². The van der Waals surface area contributed by atoms with Gasteiger partial charge in [0.1, 0.15) is 5.82 Å². The summed E-state index contributed by atoms with van der Waals surface area (Å²) in [6.45, 7) is 2.56. The Bertz CT molecular complexity index is 1000. The summed E-state index contributed by atoms with van der Waals surface area (Å²) in [6, 6.07) is 11.8. The van der Waals surface area contributed by atoms with Crippen LogP contribution in [0.4, 0.5) is 17.5 Å². The first-order valence-corrected chi connectivity index (χ1v) is 8.79. The quantitative estimate of drug-likeness (QED) is 0.543. The number of ether oxygens (including phenoxy) is 1. The number of anilines is 2. The summed E-state index contributed by atoms with van der Waals surface area (Å²) in [6.07, 6.45) is 1.65. The normalized spacial score (nSPS) is 14.1. The molecular formula is C19H18N6O3. The van der Waals surface area contributed by atoms with Crippen molar-refractivity contribution < 1.29 is 9.66 Å². The van der Waals surface area contributed by atoms with Crippen LogP contribution < -0.4 is 10.6 Å². The minimum atomic E-state index is -0.418. The molecule has 0 bridgehead atoms. The van der Waals surface area contributed by atoms with Gasteiger partial charge >= 0.3 is 0 Å². The van der Waals surface area contributed by atoms with Crippen LogP contribution in [0.2, 0.25) is 0 Å². The Balaban J connectivity index is 1.82. The molecule has 0 atom stereocenters. The van der Waals surface area contributed by atoms with E-state index in [1.54, 1.807) is 30.5 Å². The molecular weight excluding hydrogens is 360 g/mol. The number of aromatic nitrogens is 3. The highest BCUT2D eigenvalue weighted by Gasteiger charge is 2.18. The van der Waals surface area contributed by atoms with Crippen molar-refractivity contribution in [3.63, 3.8) is 0 Å². The van der Waals surface area contributed by atoms with E-state index in [-0.39, 0.29) is 5.69 Å². The van der Waals surface area contributed by atoms with Crippen molar-refractivity contribution in [2.45, 2.75) is 0 Å². The Labute approximate surface area is 161 Å². The van der Waals surface area contributed by atoms with Gasteiger partial charge in [-0.3, -0.25) is 10.1 Å². The maximum Gasteiger partial charge on any atom is 0.270 e. The Morgan fingerprint density at radius 3 is 2.46 bits per heavy atom. The second kappa shape index (κ2) is 7.57. The molecule has 9 heteroatoms. The fourth-order valence-corrected chi connectivity index (χ4v) is 2.97. The lowest BCUT2D eigenvalue weighted by Gasteiger charge is -2.27. The first-order chi connectivity index (χ1) is 13.6. The third kappa shape index (κ3) is 3.74. The lowest BCUT2D eigenvalue weighted by molar-refractivity contribution is -0.384. The summed E-state index contributed by atoms with van der Waals surface area (Å²) in [5.41, 5.74) is 8.42. The van der Waals surface area contributed by atoms with Crippen LogP contribution in [-0.4, -0.2) is 46.2 Å². The van der Waals surface area contributed by atoms with Crippen LogP contribution in [-0.2, 0) is 4.74 Å². The summed E-state index contributed by atoms with van der Waals surface area (Å²) in [7, 11) is 0. The number of nitro benzene ring substituents is 1. The lowest BCUT2D eigenvalue weighted by Crippen LogP contribution is -2.37. The highest BCUT2D eigenvalue weighted by molar-refractivity contribution is 5.71. The Hall–Kier alpha value is -3.59. The summed E-state index contributed by atoms with van der Waals surface area (Å²) in [5, 5.41) is 11.1. The molecule has 2 aromatic heterocycles. The minimum Gasteiger partial charge on any atom is -0.384 e. The molecule has 3 aromatic rings. The van der Waals surface area contributed by atoms with Gasteiger partial charge in [-0.2, -0.15) is 0 Å². The molecule has 1 saturated heterocycles. The molecule has 142 valence electrons. The third-order valence-electron chi connectivity index (χ3n) is 4.44. The second-order valence-electron chi connectivity index (χ2n) is 6.32. The molecule has 9 nitrogen and oxygen atoms in total. The molecule has 1 aliphatic rings. The van der Waals surface area contributed by atoms with E-state index in [1.165, 1.54) is 12.1 Å². The first-order valence-electron chi connectivity index (χ1n) is 8.79. The number of nitrogens with zero attached hydrogens (tertiary/aromatic N) is 5. The highest BCUT2D eigenvalue weighted by atomic mass is 16.6. The standard InChI is InChI=1S/C19H18N6O3/c20-18-5-4-14(12-21-18)17-11-16(13-2-1-3-15(10-13)25(26)27)22-19(23-17)24-6-8-28-9-7-24/h1-5,10-12H,6-9H2,(H2,20,21). The number of hydrogen-bond donors (Lipinski definition) is 1. The number of nitro groups is 1. The smallest absolute Gasteiger partial charge is 0.270 e. The molecule has 1 aromatic carbocycles. The second-order valence-corrected chi connectivity index (χ2v) is 6.32. The number of morpholine rings is 1. The topological polar surface area (TPSA) is 120 Å². The Morgan fingerprint density at radius 2 is 1.79 bits per heavy atom. The van der Waals surface area contributed by atoms with Gasteiger partial charge in [0.25, 0.3) is 5.69 Å². The van der Waals surface area contributed by atoms with E-state index in [2.05, 4.69) is 15.0 Å². The summed E-state index contributed by atoms with van der Waals surface area (Å²) >= 11 is 0. The lowest BCUT2D eigenvalue weighted by atomic mass is 10.1. The van der Waals surface area contributed by atoms with Crippen molar-refractivity contribution in [1.82, 2.24) is 15.0 Å². The predicted octanol–water partition coefficient (Wildman–Crippen LogP) is 2.53. The van der Waals surface area contributed by atoms with Crippen molar-refractivity contribution in [2.75, 3.05) is 36.9 Å². The number of hydrogen-bond acceptors (Lipinski definition) is 8. The largest absolute Gasteiger partial charge is 0.384 e. The van der Waals surface area contributed by atoms with Gasteiger partial charge in [-0.25, -0.2) is 15.0 Å². The average Bonchev–Trinajstić information content (AvgIpc) is 2.74. The number of rotatable bonds is 4. The fraction of sp³-hybridized carbons (Fsp3) is 0.211. The zero-order valence-corrected chi connectivity index (χ0v) is 15.0. The van der Waals surface area contributed by atoms with E-state index in [0.717, 1.165) is 5.56 Å². The fourth-order valence-electron chi connectivity index (χ4n) is 2.97. The van der Waals surface area contributed by atoms with Crippen molar-refractivity contribution in [1.29, 1.82) is 0 Å². The zero-order valence-electron chi connectivity index (χ0n) is 15.0. The molecule has 0 aliphatic carbocycles. The number of non-ortho nitro benzene ring substituents is 1. The summed E-state index contributed by atoms with van der Waals surface area (Å²) < 4.78 is 5.41. The van der Waals surface area contributed by atoms with Crippen LogP contribution >= 0.6 is 0 Å². The van der Waals surface area contributed by atoms with Crippen LogP contribution in [0.1, 0.15) is 0 Å². The summed E-state index contributed by atoms with van der Waals surface area (Å²) in [4.78, 5) is 26.3. The molecule has 1 aliphatic heterocycles. The molecule has 28 heavy (non-hydrogen) atoms. The van der Waals surface area contributed by atoms with Gasteiger partial charge < -0.3 is 15.4 Å². The maximum atomic E-state index is 11.1. The van der Waals surface area contributed by atoms with E-state index >= 15 is 0 Å². The number of nitrogens with two attached hydrogens (primary N) is 1. The molecule has 4 rings (SSSR count).